The number of benzene rings is 1. The zero-order valence-corrected chi connectivity index (χ0v) is 16.1. The highest BCUT2D eigenvalue weighted by molar-refractivity contribution is 5.93. The van der Waals surface area contributed by atoms with E-state index in [2.05, 4.69) is 57.7 Å². The molecule has 3 rings (SSSR count). The second kappa shape index (κ2) is 8.91. The Labute approximate surface area is 164 Å². The van der Waals surface area contributed by atoms with Gasteiger partial charge in [-0.1, -0.05) is 13.8 Å². The largest absolute Gasteiger partial charge is 0.367 e. The van der Waals surface area contributed by atoms with Gasteiger partial charge in [0.15, 0.2) is 0 Å². The van der Waals surface area contributed by atoms with Crippen molar-refractivity contribution in [3.8, 4) is 6.07 Å². The summed E-state index contributed by atoms with van der Waals surface area (Å²) in [4.78, 5) is 16.2. The number of anilines is 2. The number of rotatable bonds is 7. The molecule has 0 aliphatic carbocycles. The van der Waals surface area contributed by atoms with E-state index in [-0.39, 0.29) is 6.03 Å². The first-order valence-electron chi connectivity index (χ1n) is 9.29. The van der Waals surface area contributed by atoms with Crippen molar-refractivity contribution in [3.05, 3.63) is 54.4 Å². The number of fused-ring (bicyclic) bond motifs is 1. The lowest BCUT2D eigenvalue weighted by Gasteiger charge is -2.11. The molecule has 0 radical (unpaired) electrons. The lowest BCUT2D eigenvalue weighted by molar-refractivity contribution is 0.252. The highest BCUT2D eigenvalue weighted by Crippen LogP contribution is 2.21. The van der Waals surface area contributed by atoms with Crippen molar-refractivity contribution in [2.75, 3.05) is 23.7 Å². The summed E-state index contributed by atoms with van der Waals surface area (Å²) >= 11 is 0. The zero-order chi connectivity index (χ0) is 19.9. The van der Waals surface area contributed by atoms with Crippen molar-refractivity contribution < 1.29 is 4.79 Å². The van der Waals surface area contributed by atoms with Crippen LogP contribution in [-0.2, 0) is 6.54 Å². The number of carbonyl (C=O) groups excluding carboxylic acids is 1. The minimum Gasteiger partial charge on any atom is -0.367 e. The maximum atomic E-state index is 12.1. The fourth-order valence-corrected chi connectivity index (χ4v) is 3.00. The number of hydrogen-bond acceptors (Lipinski definition) is 4. The van der Waals surface area contributed by atoms with Crippen LogP contribution in [0.5, 0.6) is 0 Å². The monoisotopic (exact) mass is 376 g/mol. The van der Waals surface area contributed by atoms with Crippen molar-refractivity contribution in [1.29, 1.82) is 5.26 Å². The molecule has 0 bridgehead atoms. The van der Waals surface area contributed by atoms with Gasteiger partial charge >= 0.3 is 6.03 Å². The molecule has 2 heterocycles. The van der Waals surface area contributed by atoms with Crippen LogP contribution in [0.1, 0.15) is 19.4 Å². The molecule has 2 aromatic heterocycles. The molecule has 2 amide bonds. The number of pyridine rings is 1. The van der Waals surface area contributed by atoms with E-state index in [1.165, 1.54) is 0 Å². The number of nitriles is 1. The molecule has 3 N–H and O–H groups in total. The van der Waals surface area contributed by atoms with Crippen molar-refractivity contribution >= 4 is 28.4 Å². The first kappa shape index (κ1) is 19.2. The normalized spacial score (nSPS) is 10.6. The van der Waals surface area contributed by atoms with Crippen molar-refractivity contribution in [3.63, 3.8) is 0 Å². The van der Waals surface area contributed by atoms with Gasteiger partial charge in [0.2, 0.25) is 0 Å². The van der Waals surface area contributed by atoms with E-state index in [1.54, 1.807) is 18.3 Å². The smallest absolute Gasteiger partial charge is 0.319 e. The van der Waals surface area contributed by atoms with Crippen LogP contribution >= 0.6 is 0 Å². The molecule has 28 heavy (non-hydrogen) atoms. The third kappa shape index (κ3) is 4.80. The van der Waals surface area contributed by atoms with Crippen LogP contribution in [0.4, 0.5) is 16.3 Å². The first-order valence-corrected chi connectivity index (χ1v) is 9.29. The van der Waals surface area contributed by atoms with Crippen molar-refractivity contribution in [1.82, 2.24) is 14.9 Å². The Hall–Kier alpha value is -3.53. The topological polar surface area (TPSA) is 94.8 Å². The van der Waals surface area contributed by atoms with E-state index < -0.39 is 0 Å². The Bertz CT molecular complexity index is 1000. The number of amides is 2. The number of aromatic nitrogens is 2. The second-order valence-electron chi connectivity index (χ2n) is 6.95. The zero-order valence-electron chi connectivity index (χ0n) is 16.1. The molecule has 0 aliphatic rings. The van der Waals surface area contributed by atoms with Crippen LogP contribution in [0, 0.1) is 17.2 Å². The van der Waals surface area contributed by atoms with Gasteiger partial charge in [-0.2, -0.15) is 5.26 Å². The maximum absolute atomic E-state index is 12.1. The van der Waals surface area contributed by atoms with E-state index in [0.717, 1.165) is 23.1 Å². The average molecular weight is 376 g/mol. The molecule has 0 aliphatic heterocycles. The number of nitrogens with zero attached hydrogens (tertiary/aromatic N) is 3. The number of carbonyl (C=O) groups is 1. The molecular weight excluding hydrogens is 352 g/mol. The van der Waals surface area contributed by atoms with Gasteiger partial charge in [0.05, 0.1) is 5.56 Å². The molecule has 7 nitrogen and oxygen atoms in total. The van der Waals surface area contributed by atoms with Crippen LogP contribution in [0.25, 0.3) is 10.9 Å². The third-order valence-corrected chi connectivity index (χ3v) is 4.22. The molecule has 1 aromatic carbocycles. The predicted octanol–water partition coefficient (Wildman–Crippen LogP) is 3.80. The molecule has 0 saturated carbocycles. The minimum absolute atomic E-state index is 0.274. The van der Waals surface area contributed by atoms with Gasteiger partial charge in [-0.15, -0.1) is 0 Å². The molecule has 0 saturated heterocycles. The fourth-order valence-electron chi connectivity index (χ4n) is 3.00. The molecule has 0 spiro atoms. The summed E-state index contributed by atoms with van der Waals surface area (Å²) in [6.07, 6.45) is 3.70. The fraction of sp³-hybridized carbons (Fsp3) is 0.286. The predicted molar refractivity (Wildman–Crippen MR) is 111 cm³/mol. The summed E-state index contributed by atoms with van der Waals surface area (Å²) in [5, 5.41) is 18.8. The third-order valence-electron chi connectivity index (χ3n) is 4.22. The van der Waals surface area contributed by atoms with Gasteiger partial charge in [0.25, 0.3) is 0 Å². The molecule has 0 atom stereocenters. The van der Waals surface area contributed by atoms with Gasteiger partial charge in [0.1, 0.15) is 11.9 Å². The van der Waals surface area contributed by atoms with Gasteiger partial charge in [0, 0.05) is 48.6 Å². The molecule has 144 valence electrons. The second-order valence-corrected chi connectivity index (χ2v) is 6.95. The summed E-state index contributed by atoms with van der Waals surface area (Å²) in [5.41, 5.74) is 2.38. The standard InChI is InChI=1S/C21H24N6O/c1-15(2)14-27-11-7-16-12-18(5-6-19(16)27)26-21(28)25-10-9-24-20-17(13-22)4-3-8-23-20/h3-8,11-12,15H,9-10,14H2,1-2H3,(H,23,24)(H2,25,26,28). The highest BCUT2D eigenvalue weighted by Gasteiger charge is 2.06. The Morgan fingerprint density at radius 1 is 1.25 bits per heavy atom. The Kier molecular flexibility index (Phi) is 6.12. The van der Waals surface area contributed by atoms with E-state index in [0.29, 0.717) is 30.4 Å². The van der Waals surface area contributed by atoms with Crippen LogP contribution in [-0.4, -0.2) is 28.7 Å². The van der Waals surface area contributed by atoms with Crippen molar-refractivity contribution in [2.24, 2.45) is 5.92 Å². The number of hydrogen-bond donors (Lipinski definition) is 3. The van der Waals surface area contributed by atoms with Gasteiger partial charge in [-0.3, -0.25) is 0 Å². The van der Waals surface area contributed by atoms with Crippen LogP contribution in [0.3, 0.4) is 0 Å². The number of nitrogens with one attached hydrogen (secondary N) is 3. The minimum atomic E-state index is -0.274. The number of urea groups is 1. The molecule has 7 heteroatoms. The van der Waals surface area contributed by atoms with Gasteiger partial charge < -0.3 is 20.5 Å². The average Bonchev–Trinajstić information content (AvgIpc) is 3.07. The SMILES string of the molecule is CC(C)Cn1ccc2cc(NC(=O)NCCNc3ncccc3C#N)ccc21. The summed E-state index contributed by atoms with van der Waals surface area (Å²) in [6, 6.07) is 13.2. The van der Waals surface area contributed by atoms with Crippen LogP contribution < -0.4 is 16.0 Å². The first-order chi connectivity index (χ1) is 13.6. The van der Waals surface area contributed by atoms with Crippen LogP contribution in [0.2, 0.25) is 0 Å². The van der Waals surface area contributed by atoms with Gasteiger partial charge in [-0.25, -0.2) is 9.78 Å². The summed E-state index contributed by atoms with van der Waals surface area (Å²) in [5.74, 6) is 1.09. The van der Waals surface area contributed by atoms with Crippen molar-refractivity contribution in [2.45, 2.75) is 20.4 Å². The van der Waals surface area contributed by atoms with E-state index >= 15 is 0 Å². The van der Waals surface area contributed by atoms with Gasteiger partial charge in [-0.05, 0) is 42.3 Å². The molecule has 0 fully saturated rings. The summed E-state index contributed by atoms with van der Waals surface area (Å²) in [6.45, 7) is 6.22. The quantitative estimate of drug-likeness (QED) is 0.547. The van der Waals surface area contributed by atoms with E-state index in [4.69, 9.17) is 5.26 Å². The van der Waals surface area contributed by atoms with E-state index in [9.17, 15) is 4.79 Å². The Morgan fingerprint density at radius 2 is 2.11 bits per heavy atom. The van der Waals surface area contributed by atoms with Crippen LogP contribution in [0.15, 0.2) is 48.8 Å². The lowest BCUT2D eigenvalue weighted by atomic mass is 10.2. The highest BCUT2D eigenvalue weighted by atomic mass is 16.2. The summed E-state index contributed by atoms with van der Waals surface area (Å²) in [7, 11) is 0. The van der Waals surface area contributed by atoms with E-state index in [1.807, 2.05) is 18.2 Å². The Morgan fingerprint density at radius 3 is 2.89 bits per heavy atom. The lowest BCUT2D eigenvalue weighted by Crippen LogP contribution is -2.32. The Balaban J connectivity index is 1.50. The molecular formula is C21H24N6O. The molecule has 0 unspecified atom stereocenters. The maximum Gasteiger partial charge on any atom is 0.319 e. The summed E-state index contributed by atoms with van der Waals surface area (Å²) < 4.78 is 2.22. The molecule has 3 aromatic rings.